The van der Waals surface area contributed by atoms with E-state index in [9.17, 15) is 9.59 Å². The molecule has 144 valence electrons. The number of aliphatic imine (C=N–C) groups is 2. The lowest BCUT2D eigenvalue weighted by molar-refractivity contribution is 0.0490. The van der Waals surface area contributed by atoms with Gasteiger partial charge in [0.25, 0.3) is 0 Å². The Kier molecular flexibility index (Phi) is 5.39. The predicted molar refractivity (Wildman–Crippen MR) is 102 cm³/mol. The van der Waals surface area contributed by atoms with Crippen LogP contribution < -0.4 is 17.2 Å². The van der Waals surface area contributed by atoms with Crippen molar-refractivity contribution in [2.75, 3.05) is 7.11 Å². The quantitative estimate of drug-likeness (QED) is 0.407. The maximum Gasteiger partial charge on any atom is 0.419 e. The fourth-order valence-electron chi connectivity index (χ4n) is 2.31. The Morgan fingerprint density at radius 3 is 2.33 bits per heavy atom. The van der Waals surface area contributed by atoms with Gasteiger partial charge >= 0.3 is 12.1 Å². The number of ether oxygens (including phenoxy) is 2. The van der Waals surface area contributed by atoms with Crippen molar-refractivity contribution < 1.29 is 19.1 Å². The first-order valence-electron chi connectivity index (χ1n) is 7.93. The monoisotopic (exact) mass is 374 g/mol. The molecule has 1 aromatic heterocycles. The average Bonchev–Trinajstić information content (AvgIpc) is 2.90. The van der Waals surface area contributed by atoms with Crippen molar-refractivity contribution in [3.05, 3.63) is 30.0 Å². The van der Waals surface area contributed by atoms with Crippen LogP contribution in [0.4, 0.5) is 10.5 Å². The first-order valence-corrected chi connectivity index (χ1v) is 7.93. The second-order valence-corrected chi connectivity index (χ2v) is 6.59. The van der Waals surface area contributed by atoms with E-state index in [0.29, 0.717) is 16.6 Å². The minimum atomic E-state index is -0.755. The zero-order valence-electron chi connectivity index (χ0n) is 15.5. The summed E-state index contributed by atoms with van der Waals surface area (Å²) in [7, 11) is 1.23. The third kappa shape index (κ3) is 4.75. The van der Waals surface area contributed by atoms with Gasteiger partial charge in [0, 0.05) is 5.39 Å². The van der Waals surface area contributed by atoms with Crippen molar-refractivity contribution in [1.29, 1.82) is 0 Å². The number of rotatable bonds is 2. The number of esters is 1. The molecule has 0 aliphatic carbocycles. The molecular weight excluding hydrogens is 352 g/mol. The highest BCUT2D eigenvalue weighted by molar-refractivity contribution is 6.02. The van der Waals surface area contributed by atoms with Crippen molar-refractivity contribution in [3.8, 4) is 0 Å². The maximum atomic E-state index is 12.7. The van der Waals surface area contributed by atoms with Crippen molar-refractivity contribution in [1.82, 2.24) is 4.57 Å². The normalized spacial score (nSPS) is 11.9. The molecule has 2 aromatic rings. The first kappa shape index (κ1) is 19.8. The molecule has 0 unspecified atom stereocenters. The van der Waals surface area contributed by atoms with Gasteiger partial charge in [-0.15, -0.1) is 0 Å². The largest absolute Gasteiger partial charge is 0.464 e. The summed E-state index contributed by atoms with van der Waals surface area (Å²) < 4.78 is 11.3. The molecule has 10 nitrogen and oxygen atoms in total. The third-order valence-corrected chi connectivity index (χ3v) is 3.25. The van der Waals surface area contributed by atoms with Crippen molar-refractivity contribution >= 4 is 40.6 Å². The molecule has 0 aliphatic rings. The van der Waals surface area contributed by atoms with E-state index in [2.05, 4.69) is 9.98 Å². The van der Waals surface area contributed by atoms with Gasteiger partial charge in [0.1, 0.15) is 11.3 Å². The van der Waals surface area contributed by atoms with E-state index in [1.54, 1.807) is 39.0 Å². The van der Waals surface area contributed by atoms with E-state index in [-0.39, 0.29) is 17.6 Å². The number of fused-ring (bicyclic) bond motifs is 1. The molecule has 2 rings (SSSR count). The van der Waals surface area contributed by atoms with Crippen molar-refractivity contribution in [2.24, 2.45) is 27.2 Å². The van der Waals surface area contributed by atoms with E-state index in [1.165, 1.54) is 13.2 Å². The number of nitrogens with zero attached hydrogens (tertiary/aromatic N) is 3. The molecule has 27 heavy (non-hydrogen) atoms. The van der Waals surface area contributed by atoms with Crippen LogP contribution in [-0.2, 0) is 9.47 Å². The van der Waals surface area contributed by atoms with E-state index in [4.69, 9.17) is 26.7 Å². The predicted octanol–water partition coefficient (Wildman–Crippen LogP) is 1.43. The SMILES string of the molecule is COC(=O)c1cc2ccc(N=C(N)N=C(N)N)cc2n1C(=O)OC(C)(C)C. The topological polar surface area (TPSA) is 160 Å². The Morgan fingerprint density at radius 2 is 1.78 bits per heavy atom. The first-order chi connectivity index (χ1) is 12.5. The van der Waals surface area contributed by atoms with Gasteiger partial charge in [-0.1, -0.05) is 6.07 Å². The zero-order valence-corrected chi connectivity index (χ0v) is 15.5. The summed E-state index contributed by atoms with van der Waals surface area (Å²) in [6, 6.07) is 6.39. The number of guanidine groups is 2. The van der Waals surface area contributed by atoms with E-state index in [0.717, 1.165) is 4.57 Å². The Hall–Kier alpha value is -3.56. The van der Waals surface area contributed by atoms with E-state index >= 15 is 0 Å². The lowest BCUT2D eigenvalue weighted by Crippen LogP contribution is -2.29. The molecule has 0 spiro atoms. The summed E-state index contributed by atoms with van der Waals surface area (Å²) in [5.74, 6) is -1.07. The highest BCUT2D eigenvalue weighted by Gasteiger charge is 2.25. The third-order valence-electron chi connectivity index (χ3n) is 3.25. The molecule has 0 bridgehead atoms. The van der Waals surface area contributed by atoms with Crippen LogP contribution in [0.2, 0.25) is 0 Å². The van der Waals surface area contributed by atoms with Gasteiger partial charge in [0.2, 0.25) is 5.96 Å². The van der Waals surface area contributed by atoms with E-state index in [1.807, 2.05) is 0 Å². The summed E-state index contributed by atoms with van der Waals surface area (Å²) in [5.41, 5.74) is 16.2. The highest BCUT2D eigenvalue weighted by Crippen LogP contribution is 2.27. The van der Waals surface area contributed by atoms with Crippen molar-refractivity contribution in [3.63, 3.8) is 0 Å². The summed E-state index contributed by atoms with van der Waals surface area (Å²) in [6.45, 7) is 5.17. The van der Waals surface area contributed by atoms with Gasteiger partial charge in [0.15, 0.2) is 5.96 Å². The Balaban J connectivity index is 2.64. The molecule has 1 aromatic carbocycles. The molecule has 10 heteroatoms. The van der Waals surface area contributed by atoms with Crippen molar-refractivity contribution in [2.45, 2.75) is 26.4 Å². The number of carbonyl (C=O) groups is 2. The summed E-state index contributed by atoms with van der Waals surface area (Å²) in [6.07, 6.45) is -0.726. The van der Waals surface area contributed by atoms with Gasteiger partial charge < -0.3 is 26.7 Å². The number of benzene rings is 1. The second-order valence-electron chi connectivity index (χ2n) is 6.59. The van der Waals surface area contributed by atoms with Crippen LogP contribution >= 0.6 is 0 Å². The number of aromatic nitrogens is 1. The fourth-order valence-corrected chi connectivity index (χ4v) is 2.31. The second kappa shape index (κ2) is 7.36. The molecule has 0 saturated heterocycles. The molecule has 1 heterocycles. The molecule has 0 atom stereocenters. The van der Waals surface area contributed by atoms with Gasteiger partial charge in [-0.3, -0.25) is 0 Å². The minimum Gasteiger partial charge on any atom is -0.464 e. The molecular formula is C17H22N6O4. The molecule has 0 aliphatic heterocycles. The minimum absolute atomic E-state index is 0.0278. The fraction of sp³-hybridized carbons (Fsp3) is 0.294. The summed E-state index contributed by atoms with van der Waals surface area (Å²) in [4.78, 5) is 32.5. The highest BCUT2D eigenvalue weighted by atomic mass is 16.6. The van der Waals surface area contributed by atoms with E-state index < -0.39 is 17.7 Å². The van der Waals surface area contributed by atoms with Crippen LogP contribution in [0.3, 0.4) is 0 Å². The lowest BCUT2D eigenvalue weighted by Gasteiger charge is -2.20. The number of hydrogen-bond acceptors (Lipinski definition) is 5. The summed E-state index contributed by atoms with van der Waals surface area (Å²) in [5, 5.41) is 0.612. The molecule has 0 saturated carbocycles. The number of methoxy groups -OCH3 is 1. The number of carbonyl (C=O) groups excluding carboxylic acids is 2. The average molecular weight is 374 g/mol. The lowest BCUT2D eigenvalue weighted by atomic mass is 10.2. The maximum absolute atomic E-state index is 12.7. The zero-order chi connectivity index (χ0) is 20.4. The van der Waals surface area contributed by atoms with Crippen LogP contribution in [0.15, 0.2) is 34.3 Å². The van der Waals surface area contributed by atoms with Crippen LogP contribution in [-0.4, -0.2) is 41.3 Å². The van der Waals surface area contributed by atoms with Gasteiger partial charge in [-0.05, 0) is 39.0 Å². The molecule has 0 amide bonds. The Labute approximate surface area is 155 Å². The molecule has 6 N–H and O–H groups in total. The van der Waals surface area contributed by atoms with Crippen LogP contribution in [0.25, 0.3) is 10.9 Å². The molecule has 0 radical (unpaired) electrons. The summed E-state index contributed by atoms with van der Waals surface area (Å²) >= 11 is 0. The van der Waals surface area contributed by atoms with Crippen LogP contribution in [0, 0.1) is 0 Å². The van der Waals surface area contributed by atoms with Gasteiger partial charge in [0.05, 0.1) is 18.3 Å². The number of nitrogens with two attached hydrogens (primary N) is 3. The van der Waals surface area contributed by atoms with Gasteiger partial charge in [-0.2, -0.15) is 4.99 Å². The van der Waals surface area contributed by atoms with Gasteiger partial charge in [-0.25, -0.2) is 19.1 Å². The van der Waals surface area contributed by atoms with Crippen LogP contribution in [0.5, 0.6) is 0 Å². The molecule has 0 fully saturated rings. The van der Waals surface area contributed by atoms with Crippen LogP contribution in [0.1, 0.15) is 31.3 Å². The smallest absolute Gasteiger partial charge is 0.419 e. The number of hydrogen-bond donors (Lipinski definition) is 3. The standard InChI is InChI=1S/C17H22N6O4/c1-17(2,3)27-16(25)23-11-8-10(21-15(20)22-14(18)19)6-5-9(11)7-12(23)13(24)26-4/h5-8H,1-4H3,(H6,18,19,20,21,22). The Morgan fingerprint density at radius 1 is 1.11 bits per heavy atom. The Bertz CT molecular complexity index is 948.